The van der Waals surface area contributed by atoms with Crippen LogP contribution in [0, 0.1) is 0 Å². The quantitative estimate of drug-likeness (QED) is 0.727. The highest BCUT2D eigenvalue weighted by molar-refractivity contribution is 9.10. The second kappa shape index (κ2) is 7.11. The molecule has 116 valence electrons. The standard InChI is InChI=1S/C15H12BrF3N2S/c16-12-7-6-11(15(17,18)19)8-13(12)21-14(22)20-9-10-4-2-1-3-5-10/h1-8H,9H2,(H2,20,21,22). The molecule has 0 heterocycles. The van der Waals surface area contributed by atoms with Gasteiger partial charge in [-0.25, -0.2) is 0 Å². The highest BCUT2D eigenvalue weighted by Crippen LogP contribution is 2.33. The van der Waals surface area contributed by atoms with Gasteiger partial charge in [-0.1, -0.05) is 30.3 Å². The third kappa shape index (κ3) is 4.71. The number of benzene rings is 2. The lowest BCUT2D eigenvalue weighted by Gasteiger charge is -2.14. The molecule has 2 aromatic rings. The fraction of sp³-hybridized carbons (Fsp3) is 0.133. The normalized spacial score (nSPS) is 11.1. The zero-order valence-corrected chi connectivity index (χ0v) is 13.6. The minimum Gasteiger partial charge on any atom is -0.358 e. The predicted octanol–water partition coefficient (Wildman–Crippen LogP) is 4.95. The van der Waals surface area contributed by atoms with Crippen LogP contribution in [0.2, 0.25) is 0 Å². The van der Waals surface area contributed by atoms with Crippen LogP contribution < -0.4 is 10.6 Å². The molecule has 2 aromatic carbocycles. The molecule has 0 atom stereocenters. The van der Waals surface area contributed by atoms with E-state index in [4.69, 9.17) is 12.2 Å². The van der Waals surface area contributed by atoms with Gasteiger partial charge in [-0.3, -0.25) is 0 Å². The van der Waals surface area contributed by atoms with E-state index in [0.717, 1.165) is 17.7 Å². The van der Waals surface area contributed by atoms with Gasteiger partial charge in [0, 0.05) is 11.0 Å². The smallest absolute Gasteiger partial charge is 0.358 e. The zero-order chi connectivity index (χ0) is 16.2. The Morgan fingerprint density at radius 2 is 1.77 bits per heavy atom. The first-order valence-electron chi connectivity index (χ1n) is 6.32. The Hall–Kier alpha value is -1.60. The van der Waals surface area contributed by atoms with Crippen LogP contribution in [0.5, 0.6) is 0 Å². The van der Waals surface area contributed by atoms with E-state index in [9.17, 15) is 13.2 Å². The largest absolute Gasteiger partial charge is 0.416 e. The van der Waals surface area contributed by atoms with Crippen molar-refractivity contribution in [2.75, 3.05) is 5.32 Å². The Balaban J connectivity index is 2.02. The number of thiocarbonyl (C=S) groups is 1. The molecule has 2 nitrogen and oxygen atoms in total. The van der Waals surface area contributed by atoms with Gasteiger partial charge in [-0.2, -0.15) is 13.2 Å². The first-order chi connectivity index (χ1) is 10.4. The van der Waals surface area contributed by atoms with Gasteiger partial charge in [-0.05, 0) is 51.9 Å². The minimum absolute atomic E-state index is 0.254. The zero-order valence-electron chi connectivity index (χ0n) is 11.2. The van der Waals surface area contributed by atoms with E-state index in [0.29, 0.717) is 11.0 Å². The molecule has 0 aliphatic rings. The molecular weight excluding hydrogens is 377 g/mol. The number of nitrogens with one attached hydrogen (secondary N) is 2. The molecule has 0 bridgehead atoms. The summed E-state index contributed by atoms with van der Waals surface area (Å²) in [5, 5.41) is 5.97. The van der Waals surface area contributed by atoms with Crippen molar-refractivity contribution >= 4 is 38.9 Å². The summed E-state index contributed by atoms with van der Waals surface area (Å²) in [7, 11) is 0. The summed E-state index contributed by atoms with van der Waals surface area (Å²) in [5.41, 5.74) is 0.555. The second-order valence-electron chi connectivity index (χ2n) is 4.49. The lowest BCUT2D eigenvalue weighted by molar-refractivity contribution is -0.137. The van der Waals surface area contributed by atoms with Crippen LogP contribution in [0.25, 0.3) is 0 Å². The van der Waals surface area contributed by atoms with Crippen LogP contribution in [0.15, 0.2) is 53.0 Å². The van der Waals surface area contributed by atoms with E-state index in [2.05, 4.69) is 26.6 Å². The molecular formula is C15H12BrF3N2S. The molecule has 0 spiro atoms. The van der Waals surface area contributed by atoms with Crippen LogP contribution in [0.4, 0.5) is 18.9 Å². The molecule has 2 N–H and O–H groups in total. The van der Waals surface area contributed by atoms with E-state index < -0.39 is 11.7 Å². The summed E-state index contributed by atoms with van der Waals surface area (Å²) in [6, 6.07) is 12.9. The maximum atomic E-state index is 12.7. The van der Waals surface area contributed by atoms with Gasteiger partial charge in [0.25, 0.3) is 0 Å². The van der Waals surface area contributed by atoms with Crippen molar-refractivity contribution in [2.24, 2.45) is 0 Å². The minimum atomic E-state index is -4.39. The SMILES string of the molecule is FC(F)(F)c1ccc(Br)c(NC(=S)NCc2ccccc2)c1. The maximum Gasteiger partial charge on any atom is 0.416 e. The van der Waals surface area contributed by atoms with Gasteiger partial charge in [0.05, 0.1) is 11.3 Å². The number of hydrogen-bond donors (Lipinski definition) is 2. The summed E-state index contributed by atoms with van der Waals surface area (Å²) >= 11 is 8.31. The monoisotopic (exact) mass is 388 g/mol. The van der Waals surface area contributed by atoms with Crippen molar-refractivity contribution < 1.29 is 13.2 Å². The summed E-state index contributed by atoms with van der Waals surface area (Å²) in [6.45, 7) is 0.489. The Labute approximate surface area is 139 Å². The van der Waals surface area contributed by atoms with Crippen molar-refractivity contribution in [1.82, 2.24) is 5.32 Å². The van der Waals surface area contributed by atoms with Gasteiger partial charge in [0.15, 0.2) is 5.11 Å². The molecule has 0 saturated carbocycles. The van der Waals surface area contributed by atoms with Gasteiger partial charge in [0.2, 0.25) is 0 Å². The van der Waals surface area contributed by atoms with Gasteiger partial charge >= 0.3 is 6.18 Å². The molecule has 0 fully saturated rings. The lowest BCUT2D eigenvalue weighted by Crippen LogP contribution is -2.28. The summed E-state index contributed by atoms with van der Waals surface area (Å²) in [6.07, 6.45) is -4.39. The lowest BCUT2D eigenvalue weighted by atomic mass is 10.2. The molecule has 0 aromatic heterocycles. The second-order valence-corrected chi connectivity index (χ2v) is 5.75. The molecule has 0 aliphatic carbocycles. The number of alkyl halides is 3. The average molecular weight is 389 g/mol. The summed E-state index contributed by atoms with van der Waals surface area (Å²) in [4.78, 5) is 0. The van der Waals surface area contributed by atoms with Crippen molar-refractivity contribution in [3.63, 3.8) is 0 Å². The Bertz CT molecular complexity index is 660. The van der Waals surface area contributed by atoms with Crippen LogP contribution in [0.3, 0.4) is 0 Å². The maximum absolute atomic E-state index is 12.7. The Morgan fingerprint density at radius 3 is 2.41 bits per heavy atom. The van der Waals surface area contributed by atoms with E-state index >= 15 is 0 Å². The Morgan fingerprint density at radius 1 is 1.09 bits per heavy atom. The number of anilines is 1. The number of hydrogen-bond acceptors (Lipinski definition) is 1. The third-order valence-electron chi connectivity index (χ3n) is 2.84. The highest BCUT2D eigenvalue weighted by atomic mass is 79.9. The molecule has 0 amide bonds. The average Bonchev–Trinajstić information content (AvgIpc) is 2.47. The molecule has 2 rings (SSSR count). The molecule has 7 heteroatoms. The van der Waals surface area contributed by atoms with Crippen LogP contribution in [-0.2, 0) is 12.7 Å². The van der Waals surface area contributed by atoms with Gasteiger partial charge < -0.3 is 10.6 Å². The fourth-order valence-corrected chi connectivity index (χ4v) is 2.27. The van der Waals surface area contributed by atoms with E-state index in [1.54, 1.807) is 0 Å². The summed E-state index contributed by atoms with van der Waals surface area (Å²) in [5.74, 6) is 0. The van der Waals surface area contributed by atoms with Crippen molar-refractivity contribution in [2.45, 2.75) is 12.7 Å². The van der Waals surface area contributed by atoms with E-state index in [1.807, 2.05) is 30.3 Å². The van der Waals surface area contributed by atoms with Gasteiger partial charge in [-0.15, -0.1) is 0 Å². The molecule has 0 unspecified atom stereocenters. The molecule has 0 radical (unpaired) electrons. The Kier molecular flexibility index (Phi) is 5.42. The van der Waals surface area contributed by atoms with E-state index in [1.165, 1.54) is 6.07 Å². The first kappa shape index (κ1) is 16.8. The van der Waals surface area contributed by atoms with Crippen LogP contribution in [-0.4, -0.2) is 5.11 Å². The van der Waals surface area contributed by atoms with E-state index in [-0.39, 0.29) is 10.8 Å². The molecule has 0 aliphatic heterocycles. The molecule has 22 heavy (non-hydrogen) atoms. The fourth-order valence-electron chi connectivity index (χ4n) is 1.74. The number of rotatable bonds is 3. The van der Waals surface area contributed by atoms with Crippen molar-refractivity contribution in [1.29, 1.82) is 0 Å². The third-order valence-corrected chi connectivity index (χ3v) is 3.78. The first-order valence-corrected chi connectivity index (χ1v) is 7.52. The highest BCUT2D eigenvalue weighted by Gasteiger charge is 2.30. The van der Waals surface area contributed by atoms with Crippen molar-refractivity contribution in [3.8, 4) is 0 Å². The molecule has 0 saturated heterocycles. The number of halogens is 4. The predicted molar refractivity (Wildman–Crippen MR) is 88.6 cm³/mol. The summed E-state index contributed by atoms with van der Waals surface area (Å²) < 4.78 is 38.6. The topological polar surface area (TPSA) is 24.1 Å². The van der Waals surface area contributed by atoms with Crippen LogP contribution in [0.1, 0.15) is 11.1 Å². The van der Waals surface area contributed by atoms with Crippen molar-refractivity contribution in [3.05, 3.63) is 64.1 Å². The van der Waals surface area contributed by atoms with Crippen LogP contribution >= 0.6 is 28.1 Å². The van der Waals surface area contributed by atoms with Gasteiger partial charge in [0.1, 0.15) is 0 Å².